The zero-order valence-corrected chi connectivity index (χ0v) is 14.8. The molecule has 0 aromatic rings. The molecule has 0 fully saturated rings. The summed E-state index contributed by atoms with van der Waals surface area (Å²) in [6, 6.07) is -0.742. The highest BCUT2D eigenvalue weighted by Gasteiger charge is 2.41. The molecule has 0 heterocycles. The first-order valence-electron chi connectivity index (χ1n) is 6.87. The average Bonchev–Trinajstić information content (AvgIpc) is 2.34. The van der Waals surface area contributed by atoms with Crippen molar-refractivity contribution in [2.24, 2.45) is 0 Å². The van der Waals surface area contributed by atoms with Crippen LogP contribution in [0.3, 0.4) is 0 Å². The van der Waals surface area contributed by atoms with Crippen LogP contribution in [0.1, 0.15) is 27.7 Å². The van der Waals surface area contributed by atoms with Crippen LogP contribution in [0.4, 0.5) is 4.79 Å². The van der Waals surface area contributed by atoms with E-state index in [1.807, 2.05) is 13.1 Å². The van der Waals surface area contributed by atoms with Gasteiger partial charge in [0.2, 0.25) is 0 Å². The smallest absolute Gasteiger partial charge is 0.431 e. The summed E-state index contributed by atoms with van der Waals surface area (Å²) in [5.41, 5.74) is 0. The first-order chi connectivity index (χ1) is 9.47. The minimum absolute atomic E-state index is 0.0440. The van der Waals surface area contributed by atoms with Gasteiger partial charge in [-0.25, -0.2) is 4.79 Å². The zero-order valence-electron chi connectivity index (χ0n) is 13.8. The molecule has 2 atom stereocenters. The van der Waals surface area contributed by atoms with Crippen molar-refractivity contribution in [1.82, 2.24) is 5.06 Å². The molecule has 0 saturated carbocycles. The third-order valence-electron chi connectivity index (χ3n) is 3.74. The lowest BCUT2D eigenvalue weighted by atomic mass is 10.2. The van der Waals surface area contributed by atoms with Crippen LogP contribution in [-0.4, -0.2) is 49.6 Å². The summed E-state index contributed by atoms with van der Waals surface area (Å²) >= 11 is 0. The van der Waals surface area contributed by atoms with E-state index in [9.17, 15) is 14.7 Å². The highest BCUT2D eigenvalue weighted by Crippen LogP contribution is 2.37. The van der Waals surface area contributed by atoms with Gasteiger partial charge in [0, 0.05) is 0 Å². The van der Waals surface area contributed by atoms with Gasteiger partial charge in [0.1, 0.15) is 12.4 Å². The van der Waals surface area contributed by atoms with Crippen molar-refractivity contribution in [2.45, 2.75) is 58.0 Å². The van der Waals surface area contributed by atoms with Crippen LogP contribution in [0.25, 0.3) is 0 Å². The van der Waals surface area contributed by atoms with Crippen molar-refractivity contribution in [1.29, 1.82) is 0 Å². The van der Waals surface area contributed by atoms with E-state index in [4.69, 9.17) is 9.26 Å². The highest BCUT2D eigenvalue weighted by molar-refractivity contribution is 6.74. The average molecular weight is 317 g/mol. The summed E-state index contributed by atoms with van der Waals surface area (Å²) in [4.78, 5) is 27.7. The summed E-state index contributed by atoms with van der Waals surface area (Å²) in [7, 11) is -2.19. The number of rotatable bonds is 8. The van der Waals surface area contributed by atoms with Gasteiger partial charge >= 0.3 is 6.09 Å². The molecule has 7 heteroatoms. The number of amides is 1. The zero-order chi connectivity index (χ0) is 16.8. The van der Waals surface area contributed by atoms with E-state index in [0.29, 0.717) is 6.29 Å². The lowest BCUT2D eigenvalue weighted by Crippen LogP contribution is -2.52. The first kappa shape index (κ1) is 19.8. The number of carbonyl (C=O) groups is 2. The van der Waals surface area contributed by atoms with Crippen molar-refractivity contribution >= 4 is 20.7 Å². The van der Waals surface area contributed by atoms with Crippen molar-refractivity contribution < 1.29 is 24.0 Å². The predicted octanol–water partition coefficient (Wildman–Crippen LogP) is 3.06. The number of hydrogen-bond donors (Lipinski definition) is 1. The van der Waals surface area contributed by atoms with Crippen LogP contribution in [0.15, 0.2) is 12.7 Å². The Morgan fingerprint density at radius 1 is 1.43 bits per heavy atom. The Morgan fingerprint density at radius 2 is 1.95 bits per heavy atom. The maximum absolute atomic E-state index is 11.4. The lowest BCUT2D eigenvalue weighted by Gasteiger charge is -2.40. The van der Waals surface area contributed by atoms with Crippen LogP contribution in [-0.2, 0) is 14.1 Å². The Bertz CT molecular complexity index is 378. The van der Waals surface area contributed by atoms with Gasteiger partial charge in [-0.05, 0) is 25.1 Å². The van der Waals surface area contributed by atoms with Crippen LogP contribution in [0.2, 0.25) is 18.1 Å². The first-order valence-corrected chi connectivity index (χ1v) is 9.78. The van der Waals surface area contributed by atoms with E-state index in [1.165, 1.54) is 6.08 Å². The molecule has 0 aliphatic rings. The van der Waals surface area contributed by atoms with E-state index >= 15 is 0 Å². The van der Waals surface area contributed by atoms with Crippen molar-refractivity contribution in [3.8, 4) is 0 Å². The molecule has 0 aliphatic carbocycles. The number of carbonyl (C=O) groups excluding carboxylic acids is 1. The van der Waals surface area contributed by atoms with Gasteiger partial charge in [0.25, 0.3) is 0 Å². The predicted molar refractivity (Wildman–Crippen MR) is 83.6 cm³/mol. The molecular weight excluding hydrogens is 290 g/mol. The fourth-order valence-electron chi connectivity index (χ4n) is 1.37. The molecule has 1 amide bonds. The number of hydrogen-bond acceptors (Lipinski definition) is 4. The largest absolute Gasteiger partial charge is 0.463 e. The Hall–Kier alpha value is -1.18. The highest BCUT2D eigenvalue weighted by atomic mass is 28.4. The summed E-state index contributed by atoms with van der Waals surface area (Å²) < 4.78 is 5.98. The summed E-state index contributed by atoms with van der Waals surface area (Å²) in [6.07, 6.45) is -0.0621. The fourth-order valence-corrected chi connectivity index (χ4v) is 2.66. The number of carboxylic acid groups (broad SMARTS) is 1. The molecule has 1 N–H and O–H groups in total. The van der Waals surface area contributed by atoms with Crippen molar-refractivity contribution in [3.05, 3.63) is 12.7 Å². The Morgan fingerprint density at radius 3 is 2.29 bits per heavy atom. The van der Waals surface area contributed by atoms with Crippen LogP contribution >= 0.6 is 0 Å². The summed E-state index contributed by atoms with van der Waals surface area (Å²) in [5.74, 6) is 0. The van der Waals surface area contributed by atoms with Crippen molar-refractivity contribution in [3.63, 3.8) is 0 Å². The van der Waals surface area contributed by atoms with E-state index in [-0.39, 0.29) is 11.6 Å². The SMILES string of the molecule is C=CCON(C(=O)O)[C@@H](C)[C@@H](C=O)O[Si](C)(C)C(C)(C)C. The molecule has 0 rings (SSSR count). The standard InChI is InChI=1S/C14H27NO5Si/c1-8-9-19-15(13(17)18)11(2)12(10-16)20-21(6,7)14(3,4)5/h8,10-12H,1,9H2,2-7H3,(H,17,18)/t11-,12+/m0/s1. The number of hydroxylamine groups is 2. The number of nitrogens with zero attached hydrogens (tertiary/aromatic N) is 1. The van der Waals surface area contributed by atoms with Crippen LogP contribution in [0.5, 0.6) is 0 Å². The maximum atomic E-state index is 11.4. The normalized spacial score (nSPS) is 15.1. The Kier molecular flexibility index (Phi) is 7.28. The Labute approximate surface area is 127 Å². The van der Waals surface area contributed by atoms with Crippen LogP contribution < -0.4 is 0 Å². The molecule has 0 aliphatic heterocycles. The van der Waals surface area contributed by atoms with Gasteiger partial charge in [-0.3, -0.25) is 4.84 Å². The molecule has 0 aromatic heterocycles. The molecule has 0 spiro atoms. The van der Waals surface area contributed by atoms with Gasteiger partial charge < -0.3 is 14.3 Å². The molecule has 0 radical (unpaired) electrons. The van der Waals surface area contributed by atoms with E-state index in [0.717, 1.165) is 5.06 Å². The van der Waals surface area contributed by atoms with E-state index in [2.05, 4.69) is 27.4 Å². The van der Waals surface area contributed by atoms with Crippen molar-refractivity contribution in [2.75, 3.05) is 6.61 Å². The third kappa shape index (κ3) is 5.60. The topological polar surface area (TPSA) is 76.1 Å². The maximum Gasteiger partial charge on any atom is 0.431 e. The molecule has 21 heavy (non-hydrogen) atoms. The number of aldehydes is 1. The van der Waals surface area contributed by atoms with Gasteiger partial charge in [0.15, 0.2) is 8.32 Å². The fraction of sp³-hybridized carbons (Fsp3) is 0.714. The van der Waals surface area contributed by atoms with Gasteiger partial charge in [-0.2, -0.15) is 5.06 Å². The molecule has 6 nitrogen and oxygen atoms in total. The van der Waals surface area contributed by atoms with Gasteiger partial charge in [-0.15, -0.1) is 6.58 Å². The minimum Gasteiger partial charge on any atom is -0.463 e. The molecular formula is C14H27NO5Si. The second kappa shape index (κ2) is 7.72. The summed E-state index contributed by atoms with van der Waals surface area (Å²) in [6.45, 7) is 15.3. The molecule has 0 unspecified atom stereocenters. The molecule has 0 bridgehead atoms. The summed E-state index contributed by atoms with van der Waals surface area (Å²) in [5, 5.41) is 9.84. The third-order valence-corrected chi connectivity index (χ3v) is 8.21. The van der Waals surface area contributed by atoms with E-state index in [1.54, 1.807) is 6.92 Å². The van der Waals surface area contributed by atoms with Gasteiger partial charge in [-0.1, -0.05) is 26.8 Å². The minimum atomic E-state index is -2.19. The molecule has 0 aromatic carbocycles. The van der Waals surface area contributed by atoms with Gasteiger partial charge in [0.05, 0.1) is 12.6 Å². The molecule has 122 valence electrons. The van der Waals surface area contributed by atoms with E-state index < -0.39 is 26.6 Å². The lowest BCUT2D eigenvalue weighted by molar-refractivity contribution is -0.163. The second-order valence-electron chi connectivity index (χ2n) is 6.41. The Balaban J connectivity index is 5.11. The second-order valence-corrected chi connectivity index (χ2v) is 11.2. The quantitative estimate of drug-likeness (QED) is 0.322. The monoisotopic (exact) mass is 317 g/mol. The van der Waals surface area contributed by atoms with Crippen LogP contribution in [0, 0.1) is 0 Å². The molecule has 0 saturated heterocycles.